The highest BCUT2D eigenvalue weighted by Gasteiger charge is 2.39. The largest absolute Gasteiger partial charge is 0.425 e. The summed E-state index contributed by atoms with van der Waals surface area (Å²) in [7, 11) is -11.6. The molecule has 0 bridgehead atoms. The Hall–Kier alpha value is -2.17. The summed E-state index contributed by atoms with van der Waals surface area (Å²) in [5, 5.41) is 4.28. The summed E-state index contributed by atoms with van der Waals surface area (Å²) in [4.78, 5) is 0. The zero-order valence-electron chi connectivity index (χ0n) is 15.8. The Bertz CT molecular complexity index is 1010. The average Bonchev–Trinajstić information content (AvgIpc) is 2.73. The number of hydrogen-bond acceptors (Lipinski definition) is 6. The van der Waals surface area contributed by atoms with Crippen LogP contribution in [0, 0.1) is 0 Å². The van der Waals surface area contributed by atoms with E-state index in [-0.39, 0.29) is 0 Å². The van der Waals surface area contributed by atoms with E-state index < -0.39 is 28.1 Å². The van der Waals surface area contributed by atoms with Gasteiger partial charge in [-0.15, -0.1) is 0 Å². The lowest BCUT2D eigenvalue weighted by molar-refractivity contribution is -0.105. The minimum atomic E-state index is -5.02. The van der Waals surface area contributed by atoms with Crippen molar-refractivity contribution in [2.45, 2.75) is 0 Å². The van der Waals surface area contributed by atoms with Crippen molar-refractivity contribution in [3.05, 3.63) is 91.0 Å². The highest BCUT2D eigenvalue weighted by atomic mass is 32.3. The Balaban J connectivity index is 0.000000274. The third-order valence-electron chi connectivity index (χ3n) is 4.02. The lowest BCUT2D eigenvalue weighted by atomic mass is 10.4. The van der Waals surface area contributed by atoms with Crippen LogP contribution in [0.1, 0.15) is 0 Å². The van der Waals surface area contributed by atoms with Gasteiger partial charge in [-0.1, -0.05) is 63.3 Å². The van der Waals surface area contributed by atoms with Crippen LogP contribution in [0.5, 0.6) is 0 Å². The fourth-order valence-corrected chi connectivity index (χ4v) is 6.46. The first kappa shape index (κ1) is 24.1. The highest BCUT2D eigenvalue weighted by Crippen LogP contribution is 2.51. The molecule has 8 nitrogen and oxygen atoms in total. The van der Waals surface area contributed by atoms with Crippen LogP contribution in [0.4, 0.5) is 0 Å². The summed E-state index contributed by atoms with van der Waals surface area (Å²) in [6, 6.07) is 32.6. The van der Waals surface area contributed by atoms with Crippen molar-refractivity contribution in [3.8, 4) is 0 Å². The van der Waals surface area contributed by atoms with Crippen LogP contribution in [0.2, 0.25) is 0 Å². The zero-order chi connectivity index (χ0) is 22.3. The van der Waals surface area contributed by atoms with E-state index in [4.69, 9.17) is 9.11 Å². The van der Waals surface area contributed by atoms with E-state index in [2.05, 4.69) is 106 Å². The molecule has 0 saturated heterocycles. The van der Waals surface area contributed by atoms with Gasteiger partial charge in [0.2, 0.25) is 0 Å². The number of hydrogen-bond donors (Lipinski definition) is 2. The van der Waals surface area contributed by atoms with Crippen LogP contribution in [0.3, 0.4) is 0 Å². The van der Waals surface area contributed by atoms with E-state index in [0.29, 0.717) is 0 Å². The molecule has 0 aromatic heterocycles. The van der Waals surface area contributed by atoms with Crippen molar-refractivity contribution >= 4 is 44.0 Å². The predicted molar refractivity (Wildman–Crippen MR) is 116 cm³/mol. The Morgan fingerprint density at radius 1 is 0.567 bits per heavy atom. The topological polar surface area (TPSA) is 127 Å². The van der Waals surface area contributed by atoms with E-state index in [1.165, 1.54) is 15.9 Å². The van der Waals surface area contributed by atoms with Crippen LogP contribution in [-0.2, 0) is 29.5 Å². The van der Waals surface area contributed by atoms with E-state index >= 15 is 0 Å². The Labute approximate surface area is 176 Å². The molecule has 0 unspecified atom stereocenters. The first-order valence-electron chi connectivity index (χ1n) is 8.38. The van der Waals surface area contributed by atoms with Gasteiger partial charge in [0.25, 0.3) is 0 Å². The fraction of sp³-hybridized carbons (Fsp3) is 0.0526. The van der Waals surface area contributed by atoms with Gasteiger partial charge in [0.1, 0.15) is 23.2 Å². The molecular weight excluding hydrogens is 451 g/mol. The van der Waals surface area contributed by atoms with Crippen molar-refractivity contribution in [3.63, 3.8) is 0 Å². The molecule has 0 aliphatic rings. The first-order chi connectivity index (χ1) is 14.0. The SMILES string of the molecule is C[P+](c1ccccc1)(c1ccccc1)c1ccccc1.O=S(=O)(O)OOS(=O)(=O)O. The average molecular weight is 471 g/mol. The second kappa shape index (κ2) is 10.2. The maximum Gasteiger partial charge on any atom is 0.425 e. The molecule has 2 N–H and O–H groups in total. The molecule has 0 fully saturated rings. The second-order valence-electron chi connectivity index (χ2n) is 6.00. The van der Waals surface area contributed by atoms with Gasteiger partial charge in [0, 0.05) is 0 Å². The summed E-state index contributed by atoms with van der Waals surface area (Å²) >= 11 is 0. The molecule has 0 spiro atoms. The molecule has 11 heteroatoms. The van der Waals surface area contributed by atoms with Gasteiger partial charge in [0.05, 0.1) is 6.66 Å². The minimum absolute atomic E-state index is 1.43. The molecule has 3 aromatic carbocycles. The standard InChI is InChI=1S/C19H18P.H2O8S2/c1-20(17-11-5-2-6-12-17,18-13-7-3-8-14-18)19-15-9-4-10-16-19;1-9(2,3)7-8-10(4,5)6/h2-16H,1H3;(H,1,2,3)(H,4,5,6)/q+1;. The summed E-state index contributed by atoms with van der Waals surface area (Å²) in [6.07, 6.45) is 0. The maximum absolute atomic E-state index is 9.51. The van der Waals surface area contributed by atoms with E-state index in [0.717, 1.165) is 0 Å². The molecule has 30 heavy (non-hydrogen) atoms. The second-order valence-corrected chi connectivity index (χ2v) is 11.5. The maximum atomic E-state index is 9.51. The van der Waals surface area contributed by atoms with E-state index in [1.807, 2.05) is 0 Å². The van der Waals surface area contributed by atoms with Crippen molar-refractivity contribution in [1.82, 2.24) is 0 Å². The Kier molecular flexibility index (Phi) is 8.22. The molecule has 0 aliphatic carbocycles. The molecule has 0 atom stereocenters. The number of rotatable bonds is 6. The van der Waals surface area contributed by atoms with Gasteiger partial charge in [-0.25, -0.2) is 0 Å². The summed E-state index contributed by atoms with van der Waals surface area (Å²) in [6.45, 7) is 2.41. The molecule has 0 aliphatic heterocycles. The van der Waals surface area contributed by atoms with Crippen molar-refractivity contribution in [2.75, 3.05) is 6.66 Å². The Morgan fingerprint density at radius 2 is 0.800 bits per heavy atom. The molecule has 3 aromatic rings. The smallest absolute Gasteiger partial charge is 0.262 e. The van der Waals surface area contributed by atoms with Crippen LogP contribution in [-0.4, -0.2) is 32.6 Å². The normalized spacial score (nSPS) is 12.0. The third kappa shape index (κ3) is 7.26. The predicted octanol–water partition coefficient (Wildman–Crippen LogP) is 2.15. The van der Waals surface area contributed by atoms with Gasteiger partial charge >= 0.3 is 20.8 Å². The third-order valence-corrected chi connectivity index (χ3v) is 8.58. The summed E-state index contributed by atoms with van der Waals surface area (Å²) in [5.41, 5.74) is 0. The van der Waals surface area contributed by atoms with Gasteiger partial charge in [-0.2, -0.15) is 16.8 Å². The summed E-state index contributed by atoms with van der Waals surface area (Å²) < 4.78 is 58.9. The van der Waals surface area contributed by atoms with E-state index in [9.17, 15) is 16.8 Å². The van der Waals surface area contributed by atoms with Gasteiger partial charge in [0.15, 0.2) is 0 Å². The molecular formula is C19H20O8PS2+. The van der Waals surface area contributed by atoms with Crippen molar-refractivity contribution < 1.29 is 34.6 Å². The minimum Gasteiger partial charge on any atom is -0.262 e. The van der Waals surface area contributed by atoms with Crippen LogP contribution < -0.4 is 15.9 Å². The number of benzene rings is 3. The van der Waals surface area contributed by atoms with Crippen LogP contribution >= 0.6 is 7.26 Å². The molecule has 160 valence electrons. The molecule has 0 heterocycles. The molecule has 0 saturated carbocycles. The molecule has 0 amide bonds. The Morgan fingerprint density at radius 3 is 1.00 bits per heavy atom. The van der Waals surface area contributed by atoms with Gasteiger partial charge in [-0.3, -0.25) is 9.11 Å². The van der Waals surface area contributed by atoms with Crippen LogP contribution in [0.25, 0.3) is 0 Å². The highest BCUT2D eigenvalue weighted by molar-refractivity contribution is 7.95. The quantitative estimate of drug-likeness (QED) is 0.242. The van der Waals surface area contributed by atoms with E-state index in [1.54, 1.807) is 0 Å². The fourth-order valence-electron chi connectivity index (χ4n) is 2.70. The lowest BCUT2D eigenvalue weighted by Gasteiger charge is -2.22. The van der Waals surface area contributed by atoms with Crippen molar-refractivity contribution in [2.24, 2.45) is 0 Å². The molecule has 3 rings (SSSR count). The monoisotopic (exact) mass is 471 g/mol. The summed E-state index contributed by atoms with van der Waals surface area (Å²) in [5.74, 6) is 0. The van der Waals surface area contributed by atoms with Crippen molar-refractivity contribution in [1.29, 1.82) is 0 Å². The lowest BCUT2D eigenvalue weighted by Crippen LogP contribution is -2.30. The van der Waals surface area contributed by atoms with Crippen LogP contribution in [0.15, 0.2) is 91.0 Å². The zero-order valence-corrected chi connectivity index (χ0v) is 18.3. The van der Waals surface area contributed by atoms with Gasteiger partial charge < -0.3 is 0 Å². The molecule has 0 radical (unpaired) electrons. The first-order valence-corrected chi connectivity index (χ1v) is 13.3. The van der Waals surface area contributed by atoms with Gasteiger partial charge in [-0.05, 0) is 36.4 Å².